The average molecular weight is 356 g/mol. The molecule has 2 fully saturated rings. The maximum atomic E-state index is 12.8. The molecular formula is C21H28N2O3. The number of amides is 2. The standard InChI is InChI=1S/C21H28N2O3/c1-23-13-12-21(11-10-19(23)24)14-17(16-8-4-5-9-18(16)26-21)22-20(25)15-6-2-3-7-15/h4-5,8-9,15,17H,2-3,6-7,10-14H2,1H3,(H,22,25)/t17-,21+/m1/s1. The molecule has 0 radical (unpaired) electrons. The molecule has 5 nitrogen and oxygen atoms in total. The number of nitrogens with zero attached hydrogens (tertiary/aromatic N) is 1. The van der Waals surface area contributed by atoms with Gasteiger partial charge in [0, 0.05) is 44.3 Å². The van der Waals surface area contributed by atoms with E-state index in [2.05, 4.69) is 11.4 Å². The van der Waals surface area contributed by atoms with E-state index < -0.39 is 0 Å². The number of fused-ring (bicyclic) bond motifs is 1. The molecule has 0 aromatic heterocycles. The first-order chi connectivity index (χ1) is 12.6. The molecule has 2 amide bonds. The van der Waals surface area contributed by atoms with Gasteiger partial charge < -0.3 is 15.0 Å². The number of carbonyl (C=O) groups excluding carboxylic acids is 2. The van der Waals surface area contributed by atoms with Gasteiger partial charge in [-0.2, -0.15) is 0 Å². The lowest BCUT2D eigenvalue weighted by Gasteiger charge is -2.42. The predicted molar refractivity (Wildman–Crippen MR) is 98.7 cm³/mol. The number of hydrogen-bond donors (Lipinski definition) is 1. The van der Waals surface area contributed by atoms with Gasteiger partial charge in [0.15, 0.2) is 0 Å². The van der Waals surface area contributed by atoms with Crippen LogP contribution in [-0.4, -0.2) is 35.9 Å². The summed E-state index contributed by atoms with van der Waals surface area (Å²) in [6.07, 6.45) is 7.06. The molecule has 2 heterocycles. The lowest BCUT2D eigenvalue weighted by molar-refractivity contribution is -0.129. The zero-order valence-corrected chi connectivity index (χ0v) is 15.5. The first-order valence-corrected chi connectivity index (χ1v) is 9.89. The van der Waals surface area contributed by atoms with E-state index >= 15 is 0 Å². The molecule has 1 saturated carbocycles. The van der Waals surface area contributed by atoms with Gasteiger partial charge in [0.05, 0.1) is 6.04 Å². The first kappa shape index (κ1) is 17.4. The van der Waals surface area contributed by atoms with Gasteiger partial charge in [-0.1, -0.05) is 31.0 Å². The van der Waals surface area contributed by atoms with Gasteiger partial charge in [-0.3, -0.25) is 9.59 Å². The summed E-state index contributed by atoms with van der Waals surface area (Å²) in [5, 5.41) is 3.31. The minimum Gasteiger partial charge on any atom is -0.487 e. The molecule has 1 spiro atoms. The molecule has 1 aromatic carbocycles. The Labute approximate surface area is 155 Å². The summed E-state index contributed by atoms with van der Waals surface area (Å²) in [7, 11) is 1.86. The van der Waals surface area contributed by atoms with E-state index in [0.29, 0.717) is 19.4 Å². The van der Waals surface area contributed by atoms with Crippen molar-refractivity contribution < 1.29 is 14.3 Å². The van der Waals surface area contributed by atoms with Crippen LogP contribution in [0.1, 0.15) is 63.0 Å². The van der Waals surface area contributed by atoms with Gasteiger partial charge in [0.1, 0.15) is 11.4 Å². The number of ether oxygens (including phenoxy) is 1. The zero-order chi connectivity index (χ0) is 18.1. The molecule has 5 heteroatoms. The molecule has 4 rings (SSSR count). The molecule has 2 aliphatic heterocycles. The molecule has 26 heavy (non-hydrogen) atoms. The largest absolute Gasteiger partial charge is 0.487 e. The molecule has 2 atom stereocenters. The van der Waals surface area contributed by atoms with Gasteiger partial charge in [-0.05, 0) is 25.3 Å². The monoisotopic (exact) mass is 356 g/mol. The van der Waals surface area contributed by atoms with Gasteiger partial charge in [-0.25, -0.2) is 0 Å². The Kier molecular flexibility index (Phi) is 4.63. The molecular weight excluding hydrogens is 328 g/mol. The van der Waals surface area contributed by atoms with Crippen molar-refractivity contribution in [3.8, 4) is 5.75 Å². The van der Waals surface area contributed by atoms with Crippen molar-refractivity contribution >= 4 is 11.8 Å². The summed E-state index contributed by atoms with van der Waals surface area (Å²) in [5.41, 5.74) is 0.691. The van der Waals surface area contributed by atoms with Gasteiger partial charge in [0.2, 0.25) is 11.8 Å². The Morgan fingerprint density at radius 3 is 2.81 bits per heavy atom. The summed E-state index contributed by atoms with van der Waals surface area (Å²) < 4.78 is 6.44. The minimum atomic E-state index is -0.373. The number of benzene rings is 1. The summed E-state index contributed by atoms with van der Waals surface area (Å²) >= 11 is 0. The fourth-order valence-corrected chi connectivity index (χ4v) is 4.68. The van der Waals surface area contributed by atoms with Crippen molar-refractivity contribution in [3.05, 3.63) is 29.8 Å². The van der Waals surface area contributed by atoms with Gasteiger partial charge in [0.25, 0.3) is 0 Å². The van der Waals surface area contributed by atoms with Crippen LogP contribution < -0.4 is 10.1 Å². The smallest absolute Gasteiger partial charge is 0.223 e. The highest BCUT2D eigenvalue weighted by Crippen LogP contribution is 2.44. The zero-order valence-electron chi connectivity index (χ0n) is 15.5. The highest BCUT2D eigenvalue weighted by Gasteiger charge is 2.43. The highest BCUT2D eigenvalue weighted by atomic mass is 16.5. The maximum absolute atomic E-state index is 12.8. The van der Waals surface area contributed by atoms with Gasteiger partial charge >= 0.3 is 0 Å². The second-order valence-corrected chi connectivity index (χ2v) is 8.13. The highest BCUT2D eigenvalue weighted by molar-refractivity contribution is 5.79. The van der Waals surface area contributed by atoms with Crippen LogP contribution in [0, 0.1) is 5.92 Å². The van der Waals surface area contributed by atoms with Crippen molar-refractivity contribution in [2.24, 2.45) is 5.92 Å². The van der Waals surface area contributed by atoms with Crippen molar-refractivity contribution in [3.63, 3.8) is 0 Å². The van der Waals surface area contributed by atoms with E-state index in [0.717, 1.165) is 49.8 Å². The summed E-state index contributed by atoms with van der Waals surface area (Å²) in [4.78, 5) is 26.7. The second-order valence-electron chi connectivity index (χ2n) is 8.13. The van der Waals surface area contributed by atoms with Crippen LogP contribution in [0.3, 0.4) is 0 Å². The number of rotatable bonds is 2. The number of likely N-dealkylation sites (tertiary alicyclic amines) is 1. The Morgan fingerprint density at radius 2 is 2.00 bits per heavy atom. The number of nitrogens with one attached hydrogen (secondary N) is 1. The van der Waals surface area contributed by atoms with Crippen molar-refractivity contribution in [2.75, 3.05) is 13.6 Å². The first-order valence-electron chi connectivity index (χ1n) is 9.89. The lowest BCUT2D eigenvalue weighted by Crippen LogP contribution is -2.46. The van der Waals surface area contributed by atoms with Crippen LogP contribution in [0.2, 0.25) is 0 Å². The molecule has 140 valence electrons. The molecule has 1 aliphatic carbocycles. The third kappa shape index (κ3) is 3.31. The lowest BCUT2D eigenvalue weighted by atomic mass is 9.82. The number of carbonyl (C=O) groups is 2. The van der Waals surface area contributed by atoms with E-state index in [1.54, 1.807) is 4.90 Å². The minimum absolute atomic E-state index is 0.0356. The Balaban J connectivity index is 1.58. The Morgan fingerprint density at radius 1 is 1.23 bits per heavy atom. The van der Waals surface area contributed by atoms with E-state index in [-0.39, 0.29) is 29.4 Å². The predicted octanol–water partition coefficient (Wildman–Crippen LogP) is 3.20. The summed E-state index contributed by atoms with van der Waals surface area (Å²) in [6, 6.07) is 7.98. The van der Waals surface area contributed by atoms with Gasteiger partial charge in [-0.15, -0.1) is 0 Å². The normalized spacial score (nSPS) is 29.2. The van der Waals surface area contributed by atoms with E-state index in [1.807, 2.05) is 25.2 Å². The Bertz CT molecular complexity index is 698. The molecule has 1 aromatic rings. The van der Waals surface area contributed by atoms with Crippen LogP contribution >= 0.6 is 0 Å². The third-order valence-electron chi connectivity index (χ3n) is 6.36. The third-order valence-corrected chi connectivity index (χ3v) is 6.36. The van der Waals surface area contributed by atoms with Crippen LogP contribution in [0.5, 0.6) is 5.75 Å². The fraction of sp³-hybridized carbons (Fsp3) is 0.619. The maximum Gasteiger partial charge on any atom is 0.223 e. The van der Waals surface area contributed by atoms with Crippen LogP contribution in [0.4, 0.5) is 0 Å². The van der Waals surface area contributed by atoms with Crippen LogP contribution in [0.15, 0.2) is 24.3 Å². The van der Waals surface area contributed by atoms with E-state index in [4.69, 9.17) is 4.74 Å². The van der Waals surface area contributed by atoms with Crippen molar-refractivity contribution in [1.82, 2.24) is 10.2 Å². The topological polar surface area (TPSA) is 58.6 Å². The molecule has 1 N–H and O–H groups in total. The van der Waals surface area contributed by atoms with E-state index in [1.165, 1.54) is 0 Å². The van der Waals surface area contributed by atoms with Crippen LogP contribution in [-0.2, 0) is 9.59 Å². The molecule has 0 bridgehead atoms. The molecule has 1 saturated heterocycles. The SMILES string of the molecule is CN1CC[C@@]2(CCC1=O)C[C@@H](NC(=O)C1CCCC1)c1ccccc1O2. The van der Waals surface area contributed by atoms with Crippen molar-refractivity contribution in [2.45, 2.75) is 63.0 Å². The second kappa shape index (κ2) is 6.93. The number of hydrogen-bond acceptors (Lipinski definition) is 3. The quantitative estimate of drug-likeness (QED) is 0.885. The molecule has 0 unspecified atom stereocenters. The molecule has 3 aliphatic rings. The Hall–Kier alpha value is -2.04. The average Bonchev–Trinajstić information content (AvgIpc) is 3.15. The van der Waals surface area contributed by atoms with Crippen molar-refractivity contribution in [1.29, 1.82) is 0 Å². The summed E-state index contributed by atoms with van der Waals surface area (Å²) in [5.74, 6) is 1.37. The summed E-state index contributed by atoms with van der Waals surface area (Å²) in [6.45, 7) is 0.699. The van der Waals surface area contributed by atoms with E-state index in [9.17, 15) is 9.59 Å². The van der Waals surface area contributed by atoms with Crippen LogP contribution in [0.25, 0.3) is 0 Å². The number of para-hydroxylation sites is 1. The fourth-order valence-electron chi connectivity index (χ4n) is 4.68.